The minimum Gasteiger partial charge on any atom is -0.497 e. The van der Waals surface area contributed by atoms with E-state index in [1.165, 1.54) is 24.1 Å². The molecule has 0 heterocycles. The Labute approximate surface area is 238 Å². The highest BCUT2D eigenvalue weighted by Crippen LogP contribution is 2.27. The molecule has 9 heteroatoms. The predicted molar refractivity (Wildman–Crippen MR) is 158 cm³/mol. The quantitative estimate of drug-likeness (QED) is 0.380. The number of benzene rings is 3. The highest BCUT2D eigenvalue weighted by atomic mass is 32.2. The van der Waals surface area contributed by atoms with Gasteiger partial charge < -0.3 is 15.0 Å². The van der Waals surface area contributed by atoms with Crippen LogP contribution in [-0.2, 0) is 26.2 Å². The van der Waals surface area contributed by atoms with Crippen molar-refractivity contribution in [2.75, 3.05) is 18.0 Å². The van der Waals surface area contributed by atoms with Gasteiger partial charge in [-0.3, -0.25) is 13.9 Å². The van der Waals surface area contributed by atoms with Crippen LogP contribution in [0.25, 0.3) is 0 Å². The summed E-state index contributed by atoms with van der Waals surface area (Å²) < 4.78 is 34.1. The average Bonchev–Trinajstić information content (AvgIpc) is 2.89. The first-order chi connectivity index (χ1) is 18.7. The van der Waals surface area contributed by atoms with E-state index in [2.05, 4.69) is 5.32 Å². The normalized spacial score (nSPS) is 12.4. The first kappa shape index (κ1) is 30.7. The van der Waals surface area contributed by atoms with Crippen LogP contribution >= 0.6 is 0 Å². The smallest absolute Gasteiger partial charge is 0.264 e. The van der Waals surface area contributed by atoms with Crippen molar-refractivity contribution in [3.8, 4) is 5.75 Å². The number of nitrogens with one attached hydrogen (secondary N) is 1. The molecule has 214 valence electrons. The van der Waals surface area contributed by atoms with Crippen molar-refractivity contribution in [1.82, 2.24) is 10.2 Å². The van der Waals surface area contributed by atoms with Gasteiger partial charge in [-0.05, 0) is 83.5 Å². The van der Waals surface area contributed by atoms with Crippen LogP contribution in [0.5, 0.6) is 5.75 Å². The predicted octanol–water partition coefficient (Wildman–Crippen LogP) is 4.84. The molecule has 0 saturated heterocycles. The van der Waals surface area contributed by atoms with E-state index in [-0.39, 0.29) is 17.3 Å². The molecule has 2 amide bonds. The van der Waals surface area contributed by atoms with Crippen LogP contribution in [0.15, 0.2) is 77.7 Å². The summed E-state index contributed by atoms with van der Waals surface area (Å²) in [5.74, 6) is -0.285. The first-order valence-electron chi connectivity index (χ1n) is 13.1. The van der Waals surface area contributed by atoms with Crippen LogP contribution in [0.1, 0.15) is 44.4 Å². The fourth-order valence-electron chi connectivity index (χ4n) is 4.18. The van der Waals surface area contributed by atoms with E-state index in [1.807, 2.05) is 58.9 Å². The molecule has 0 bridgehead atoms. The Morgan fingerprint density at radius 3 is 2.10 bits per heavy atom. The lowest BCUT2D eigenvalue weighted by atomic mass is 10.1. The molecule has 8 nitrogen and oxygen atoms in total. The van der Waals surface area contributed by atoms with Crippen LogP contribution in [0, 0.1) is 13.8 Å². The highest BCUT2D eigenvalue weighted by molar-refractivity contribution is 7.92. The van der Waals surface area contributed by atoms with Crippen LogP contribution in [-0.4, -0.2) is 50.4 Å². The third-order valence-corrected chi connectivity index (χ3v) is 8.14. The number of aryl methyl sites for hydroxylation is 2. The Morgan fingerprint density at radius 1 is 0.925 bits per heavy atom. The number of ether oxygens (including phenoxy) is 1. The SMILES string of the molecule is COc1ccc(N(CC(=O)N(Cc2cccc(C)c2)[C@H](C)C(=O)NC(C)(C)C)S(=O)(=O)c2ccc(C)cc2)cc1. The standard InChI is InChI=1S/C31H39N3O5S/c1-22-11-17-28(18-12-22)40(37,38)34(26-13-15-27(39-7)16-14-26)21-29(35)33(20-25-10-8-9-23(2)19-25)24(3)30(36)32-31(4,5)6/h8-19,24H,20-21H2,1-7H3,(H,32,36)/t24-/m1/s1. The summed E-state index contributed by atoms with van der Waals surface area (Å²) in [6.07, 6.45) is 0. The zero-order valence-corrected chi connectivity index (χ0v) is 25.1. The lowest BCUT2D eigenvalue weighted by molar-refractivity contribution is -0.140. The van der Waals surface area contributed by atoms with Crippen molar-refractivity contribution >= 4 is 27.5 Å². The molecule has 1 N–H and O–H groups in total. The van der Waals surface area contributed by atoms with E-state index in [0.717, 1.165) is 21.0 Å². The monoisotopic (exact) mass is 565 g/mol. The van der Waals surface area contributed by atoms with Gasteiger partial charge in [0.15, 0.2) is 0 Å². The second-order valence-corrected chi connectivity index (χ2v) is 12.8. The molecule has 0 aliphatic rings. The third kappa shape index (κ3) is 7.85. The zero-order valence-electron chi connectivity index (χ0n) is 24.3. The molecule has 0 saturated carbocycles. The minimum absolute atomic E-state index is 0.0606. The number of amides is 2. The molecule has 0 spiro atoms. The molecule has 3 rings (SSSR count). The maximum Gasteiger partial charge on any atom is 0.264 e. The second-order valence-electron chi connectivity index (χ2n) is 10.9. The Balaban J connectivity index is 2.04. The van der Waals surface area contributed by atoms with E-state index >= 15 is 0 Å². The molecule has 0 radical (unpaired) electrons. The lowest BCUT2D eigenvalue weighted by Crippen LogP contribution is -2.54. The Kier molecular flexibility index (Phi) is 9.63. The molecule has 0 fully saturated rings. The molecule has 3 aromatic rings. The minimum atomic E-state index is -4.13. The van der Waals surface area contributed by atoms with Gasteiger partial charge in [-0.25, -0.2) is 8.42 Å². The summed E-state index contributed by atoms with van der Waals surface area (Å²) in [6.45, 7) is 10.7. The van der Waals surface area contributed by atoms with Crippen molar-refractivity contribution in [3.05, 3.63) is 89.5 Å². The Bertz CT molecular complexity index is 1430. The number of sulfonamides is 1. The topological polar surface area (TPSA) is 96.0 Å². The number of anilines is 1. The molecule has 0 aliphatic carbocycles. The third-order valence-electron chi connectivity index (χ3n) is 6.35. The van der Waals surface area contributed by atoms with Gasteiger partial charge in [0.1, 0.15) is 18.3 Å². The van der Waals surface area contributed by atoms with E-state index in [0.29, 0.717) is 11.4 Å². The van der Waals surface area contributed by atoms with Gasteiger partial charge in [-0.15, -0.1) is 0 Å². The maximum atomic E-state index is 14.0. The van der Waals surface area contributed by atoms with E-state index in [1.54, 1.807) is 43.3 Å². The second kappa shape index (κ2) is 12.6. The van der Waals surface area contributed by atoms with Gasteiger partial charge in [-0.1, -0.05) is 47.5 Å². The van der Waals surface area contributed by atoms with Gasteiger partial charge in [0.05, 0.1) is 17.7 Å². The van der Waals surface area contributed by atoms with Crippen molar-refractivity contribution in [2.24, 2.45) is 0 Å². The first-order valence-corrected chi connectivity index (χ1v) is 14.6. The summed E-state index contributed by atoms with van der Waals surface area (Å²) in [6, 6.07) is 19.7. The van der Waals surface area contributed by atoms with Crippen molar-refractivity contribution in [2.45, 2.75) is 64.6 Å². The van der Waals surface area contributed by atoms with E-state index in [4.69, 9.17) is 4.74 Å². The molecule has 3 aromatic carbocycles. The van der Waals surface area contributed by atoms with Crippen LogP contribution in [0.4, 0.5) is 5.69 Å². The van der Waals surface area contributed by atoms with Crippen LogP contribution in [0.3, 0.4) is 0 Å². The Morgan fingerprint density at radius 2 is 1.55 bits per heavy atom. The average molecular weight is 566 g/mol. The molecular formula is C31H39N3O5S. The van der Waals surface area contributed by atoms with Crippen LogP contribution < -0.4 is 14.4 Å². The highest BCUT2D eigenvalue weighted by Gasteiger charge is 2.33. The van der Waals surface area contributed by atoms with Crippen LogP contribution in [0.2, 0.25) is 0 Å². The van der Waals surface area contributed by atoms with Gasteiger partial charge in [-0.2, -0.15) is 0 Å². The number of rotatable bonds is 10. The fraction of sp³-hybridized carbons (Fsp3) is 0.355. The number of nitrogens with zero attached hydrogens (tertiary/aromatic N) is 2. The van der Waals surface area contributed by atoms with E-state index < -0.39 is 34.1 Å². The molecule has 0 aliphatic heterocycles. The molecule has 0 unspecified atom stereocenters. The van der Waals surface area contributed by atoms with Crippen molar-refractivity contribution in [3.63, 3.8) is 0 Å². The maximum absolute atomic E-state index is 14.0. The number of methoxy groups -OCH3 is 1. The summed E-state index contributed by atoms with van der Waals surface area (Å²) in [5.41, 5.74) is 2.55. The largest absolute Gasteiger partial charge is 0.497 e. The summed E-state index contributed by atoms with van der Waals surface area (Å²) >= 11 is 0. The van der Waals surface area contributed by atoms with Gasteiger partial charge in [0.25, 0.3) is 10.0 Å². The summed E-state index contributed by atoms with van der Waals surface area (Å²) in [4.78, 5) is 28.7. The van der Waals surface area contributed by atoms with Crippen molar-refractivity contribution < 1.29 is 22.7 Å². The molecular weight excluding hydrogens is 526 g/mol. The van der Waals surface area contributed by atoms with Gasteiger partial charge in [0, 0.05) is 12.1 Å². The van der Waals surface area contributed by atoms with Gasteiger partial charge >= 0.3 is 0 Å². The molecule has 40 heavy (non-hydrogen) atoms. The summed E-state index contributed by atoms with van der Waals surface area (Å²) in [5, 5.41) is 2.93. The number of hydrogen-bond donors (Lipinski definition) is 1. The number of carbonyl (C=O) groups excluding carboxylic acids is 2. The Hall–Kier alpha value is -3.85. The zero-order chi connectivity index (χ0) is 29.7. The summed E-state index contributed by atoms with van der Waals surface area (Å²) in [7, 11) is -2.61. The molecule has 1 atom stereocenters. The molecule has 0 aromatic heterocycles. The lowest BCUT2D eigenvalue weighted by Gasteiger charge is -2.33. The van der Waals surface area contributed by atoms with Gasteiger partial charge in [0.2, 0.25) is 11.8 Å². The number of carbonyl (C=O) groups is 2. The fourth-order valence-corrected chi connectivity index (χ4v) is 5.59. The van der Waals surface area contributed by atoms with Crippen molar-refractivity contribution in [1.29, 1.82) is 0 Å². The number of hydrogen-bond acceptors (Lipinski definition) is 5. The van der Waals surface area contributed by atoms with E-state index in [9.17, 15) is 18.0 Å².